The van der Waals surface area contributed by atoms with Crippen LogP contribution in [0.3, 0.4) is 0 Å². The zero-order chi connectivity index (χ0) is 14.4. The van der Waals surface area contributed by atoms with Gasteiger partial charge in [-0.3, -0.25) is 10.4 Å². The van der Waals surface area contributed by atoms with Crippen LogP contribution in [0.25, 0.3) is 0 Å². The number of aliphatic imine (C=N–C) groups is 1. The van der Waals surface area contributed by atoms with Crippen molar-refractivity contribution in [2.75, 3.05) is 6.54 Å². The Morgan fingerprint density at radius 3 is 2.40 bits per heavy atom. The molecule has 0 aromatic rings. The van der Waals surface area contributed by atoms with Gasteiger partial charge in [-0.05, 0) is 43.4 Å². The van der Waals surface area contributed by atoms with Crippen molar-refractivity contribution in [3.05, 3.63) is 0 Å². The Bertz CT molecular complexity index is 312. The van der Waals surface area contributed by atoms with Crippen molar-refractivity contribution in [3.8, 4) is 0 Å². The summed E-state index contributed by atoms with van der Waals surface area (Å²) in [6.45, 7) is 5.57. The van der Waals surface area contributed by atoms with Gasteiger partial charge in [0.05, 0.1) is 0 Å². The summed E-state index contributed by atoms with van der Waals surface area (Å²) in [7, 11) is 0. The van der Waals surface area contributed by atoms with E-state index in [1.54, 1.807) is 0 Å². The van der Waals surface area contributed by atoms with Gasteiger partial charge in [0.2, 0.25) is 5.96 Å². The lowest BCUT2D eigenvalue weighted by molar-refractivity contribution is 0.245. The maximum Gasteiger partial charge on any atom is 0.205 e. The van der Waals surface area contributed by atoms with E-state index in [0.717, 1.165) is 18.4 Å². The molecule has 0 saturated heterocycles. The smallest absolute Gasteiger partial charge is 0.205 e. The Kier molecular flexibility index (Phi) is 5.70. The summed E-state index contributed by atoms with van der Waals surface area (Å²) in [6.07, 6.45) is 11.8. The Balaban J connectivity index is 1.92. The summed E-state index contributed by atoms with van der Waals surface area (Å²) in [4.78, 5) is 4.78. The van der Waals surface area contributed by atoms with Gasteiger partial charge in [-0.25, -0.2) is 5.84 Å². The van der Waals surface area contributed by atoms with Crippen molar-refractivity contribution in [1.82, 2.24) is 10.7 Å². The van der Waals surface area contributed by atoms with Crippen LogP contribution in [0, 0.1) is 11.3 Å². The molecular formula is C16H32N4. The topological polar surface area (TPSA) is 62.4 Å². The molecule has 4 nitrogen and oxygen atoms in total. The van der Waals surface area contributed by atoms with Gasteiger partial charge in [-0.1, -0.05) is 39.5 Å². The Morgan fingerprint density at radius 2 is 1.85 bits per heavy atom. The van der Waals surface area contributed by atoms with Crippen molar-refractivity contribution < 1.29 is 0 Å². The highest BCUT2D eigenvalue weighted by Crippen LogP contribution is 2.43. The van der Waals surface area contributed by atoms with Crippen LogP contribution in [0.5, 0.6) is 0 Å². The van der Waals surface area contributed by atoms with Gasteiger partial charge >= 0.3 is 0 Å². The molecule has 0 amide bonds. The first-order chi connectivity index (χ1) is 9.63. The van der Waals surface area contributed by atoms with Crippen LogP contribution >= 0.6 is 0 Å². The molecule has 0 bridgehead atoms. The quantitative estimate of drug-likeness (QED) is 0.314. The molecule has 0 atom stereocenters. The molecule has 2 rings (SSSR count). The summed E-state index contributed by atoms with van der Waals surface area (Å²) in [6, 6.07) is 0.564. The standard InChI is InChI=1S/C16H32N4/c1-13(2)11-16(9-5-6-10-16)12-18-15(20-17)19-14-7-3-4-8-14/h13-14H,3-12,17H2,1-2H3,(H2,18,19,20). The van der Waals surface area contributed by atoms with Crippen LogP contribution in [0.4, 0.5) is 0 Å². The molecule has 116 valence electrons. The van der Waals surface area contributed by atoms with E-state index in [1.807, 2.05) is 0 Å². The van der Waals surface area contributed by atoms with Gasteiger partial charge in [-0.2, -0.15) is 0 Å². The zero-order valence-corrected chi connectivity index (χ0v) is 13.3. The SMILES string of the molecule is CC(C)CC1(CN=C(NN)NC2CCCC2)CCCC1. The van der Waals surface area contributed by atoms with E-state index in [2.05, 4.69) is 24.6 Å². The first kappa shape index (κ1) is 15.6. The molecule has 4 heteroatoms. The number of guanidine groups is 1. The number of nitrogens with one attached hydrogen (secondary N) is 2. The first-order valence-electron chi connectivity index (χ1n) is 8.41. The lowest BCUT2D eigenvalue weighted by Gasteiger charge is -2.29. The largest absolute Gasteiger partial charge is 0.353 e. The summed E-state index contributed by atoms with van der Waals surface area (Å²) < 4.78 is 0. The van der Waals surface area contributed by atoms with Gasteiger partial charge in [0.15, 0.2) is 0 Å². The van der Waals surface area contributed by atoms with Gasteiger partial charge in [0.1, 0.15) is 0 Å². The first-order valence-corrected chi connectivity index (χ1v) is 8.41. The van der Waals surface area contributed by atoms with Gasteiger partial charge in [0.25, 0.3) is 0 Å². The Morgan fingerprint density at radius 1 is 1.20 bits per heavy atom. The molecule has 20 heavy (non-hydrogen) atoms. The van der Waals surface area contributed by atoms with Crippen molar-refractivity contribution in [2.24, 2.45) is 22.2 Å². The Hall–Kier alpha value is -0.770. The monoisotopic (exact) mass is 280 g/mol. The highest BCUT2D eigenvalue weighted by Gasteiger charge is 2.34. The number of hydrazine groups is 1. The summed E-state index contributed by atoms with van der Waals surface area (Å²) in [5, 5.41) is 3.47. The second-order valence-electron chi connectivity index (χ2n) is 7.24. The molecule has 2 saturated carbocycles. The minimum atomic E-state index is 0.424. The molecule has 0 heterocycles. The maximum absolute atomic E-state index is 5.64. The van der Waals surface area contributed by atoms with Crippen molar-refractivity contribution in [2.45, 2.75) is 77.7 Å². The highest BCUT2D eigenvalue weighted by atomic mass is 15.3. The average Bonchev–Trinajstić information content (AvgIpc) is 3.06. The summed E-state index contributed by atoms with van der Waals surface area (Å²) in [5.41, 5.74) is 3.19. The molecule has 2 aliphatic rings. The van der Waals surface area contributed by atoms with Crippen LogP contribution < -0.4 is 16.6 Å². The molecule has 0 aliphatic heterocycles. The number of hydrogen-bond acceptors (Lipinski definition) is 2. The minimum Gasteiger partial charge on any atom is -0.353 e. The predicted octanol–water partition coefficient (Wildman–Crippen LogP) is 2.94. The maximum atomic E-state index is 5.64. The molecular weight excluding hydrogens is 248 g/mol. The second-order valence-corrected chi connectivity index (χ2v) is 7.24. The molecule has 2 aliphatic carbocycles. The molecule has 4 N–H and O–H groups in total. The van der Waals surface area contributed by atoms with E-state index in [4.69, 9.17) is 10.8 Å². The van der Waals surface area contributed by atoms with Crippen LogP contribution in [0.1, 0.15) is 71.6 Å². The van der Waals surface area contributed by atoms with Crippen molar-refractivity contribution in [3.63, 3.8) is 0 Å². The number of rotatable bonds is 5. The predicted molar refractivity (Wildman–Crippen MR) is 85.4 cm³/mol. The average molecular weight is 280 g/mol. The number of hydrogen-bond donors (Lipinski definition) is 3. The van der Waals surface area contributed by atoms with Crippen LogP contribution in [0.2, 0.25) is 0 Å². The molecule has 0 spiro atoms. The fourth-order valence-electron chi connectivity index (χ4n) is 4.06. The third-order valence-electron chi connectivity index (χ3n) is 4.91. The molecule has 0 aromatic carbocycles. The zero-order valence-electron chi connectivity index (χ0n) is 13.3. The van der Waals surface area contributed by atoms with Crippen LogP contribution in [-0.4, -0.2) is 18.5 Å². The highest BCUT2D eigenvalue weighted by molar-refractivity contribution is 5.79. The van der Waals surface area contributed by atoms with E-state index in [9.17, 15) is 0 Å². The molecule has 0 aromatic heterocycles. The van der Waals surface area contributed by atoms with E-state index in [-0.39, 0.29) is 0 Å². The van der Waals surface area contributed by atoms with Crippen LogP contribution in [0.15, 0.2) is 4.99 Å². The number of nitrogens with two attached hydrogens (primary N) is 1. The van der Waals surface area contributed by atoms with Gasteiger partial charge < -0.3 is 5.32 Å². The van der Waals surface area contributed by atoms with E-state index < -0.39 is 0 Å². The summed E-state index contributed by atoms with van der Waals surface area (Å²) >= 11 is 0. The fraction of sp³-hybridized carbons (Fsp3) is 0.938. The third-order valence-corrected chi connectivity index (χ3v) is 4.91. The van der Waals surface area contributed by atoms with Crippen molar-refractivity contribution in [1.29, 1.82) is 0 Å². The number of nitrogens with zero attached hydrogens (tertiary/aromatic N) is 1. The van der Waals surface area contributed by atoms with Crippen molar-refractivity contribution >= 4 is 5.96 Å². The second kappa shape index (κ2) is 7.30. The Labute approximate surface area is 124 Å². The molecule has 0 radical (unpaired) electrons. The van der Waals surface area contributed by atoms with Gasteiger partial charge in [-0.15, -0.1) is 0 Å². The van der Waals surface area contributed by atoms with Crippen LogP contribution in [-0.2, 0) is 0 Å². The summed E-state index contributed by atoms with van der Waals surface area (Å²) in [5.74, 6) is 7.19. The van der Waals surface area contributed by atoms with Gasteiger partial charge in [0, 0.05) is 12.6 Å². The molecule has 0 unspecified atom stereocenters. The normalized spacial score (nSPS) is 23.5. The van der Waals surface area contributed by atoms with E-state index in [0.29, 0.717) is 11.5 Å². The molecule has 2 fully saturated rings. The van der Waals surface area contributed by atoms with E-state index in [1.165, 1.54) is 57.8 Å². The third kappa shape index (κ3) is 4.37. The lowest BCUT2D eigenvalue weighted by Crippen LogP contribution is -2.46. The van der Waals surface area contributed by atoms with E-state index >= 15 is 0 Å². The fourth-order valence-corrected chi connectivity index (χ4v) is 4.06. The lowest BCUT2D eigenvalue weighted by atomic mass is 9.78. The minimum absolute atomic E-state index is 0.424.